The van der Waals surface area contributed by atoms with E-state index in [9.17, 15) is 14.4 Å². The second kappa shape index (κ2) is 23.5. The van der Waals surface area contributed by atoms with E-state index in [0.29, 0.717) is 25.9 Å². The average molecular weight is 631 g/mol. The van der Waals surface area contributed by atoms with Gasteiger partial charge in [0.2, 0.25) is 10.9 Å². The topological polar surface area (TPSA) is 102 Å². The highest BCUT2D eigenvalue weighted by Gasteiger charge is 2.35. The summed E-state index contributed by atoms with van der Waals surface area (Å²) in [6.07, 6.45) is 20.2. The minimum atomic E-state index is -0.466. The molecule has 1 aromatic rings. The van der Waals surface area contributed by atoms with Crippen molar-refractivity contribution in [2.45, 2.75) is 129 Å². The summed E-state index contributed by atoms with van der Waals surface area (Å²) in [6.45, 7) is 5.22. The fourth-order valence-corrected chi connectivity index (χ4v) is 5.84. The quantitative estimate of drug-likeness (QED) is 0.139. The molecule has 0 aliphatic carbocycles. The molecule has 1 aliphatic rings. The maximum Gasteiger partial charge on any atom is 0.407 e. The molecule has 0 bridgehead atoms. The first-order chi connectivity index (χ1) is 20.0. The number of hydrogen-bond donors (Lipinski definition) is 1. The largest absolute Gasteiger partial charge is 1.00 e. The number of unbranched alkanes of at least 4 members (excludes halogenated alkanes) is 12. The summed E-state index contributed by atoms with van der Waals surface area (Å²) in [6, 6.07) is -0.380. The molecule has 4 amide bonds. The van der Waals surface area contributed by atoms with Crippen molar-refractivity contribution in [1.82, 2.24) is 15.1 Å². The van der Waals surface area contributed by atoms with Gasteiger partial charge in [0.25, 0.3) is 0 Å². The van der Waals surface area contributed by atoms with Crippen molar-refractivity contribution in [3.63, 3.8) is 0 Å². The zero-order chi connectivity index (χ0) is 29.7. The molecule has 9 nitrogen and oxygen atoms in total. The number of rotatable bonds is 24. The summed E-state index contributed by atoms with van der Waals surface area (Å²) in [4.78, 5) is 43.3. The van der Waals surface area contributed by atoms with Gasteiger partial charge in [-0.1, -0.05) is 102 Å². The molecule has 2 heterocycles. The normalized spacial score (nSPS) is 14.6. The molecule has 1 fully saturated rings. The molecule has 1 aromatic heterocycles. The highest BCUT2D eigenvalue weighted by Crippen LogP contribution is 2.15. The molecule has 2 rings (SSSR count). The van der Waals surface area contributed by atoms with Crippen LogP contribution in [0.3, 0.4) is 0 Å². The lowest BCUT2D eigenvalue weighted by molar-refractivity contribution is -0.382. The second-order valence-corrected chi connectivity index (χ2v) is 12.2. The van der Waals surface area contributed by atoms with Crippen LogP contribution >= 0.6 is 11.3 Å². The smallest absolute Gasteiger partial charge is 0.407 e. The van der Waals surface area contributed by atoms with E-state index in [1.807, 2.05) is 18.5 Å². The van der Waals surface area contributed by atoms with Crippen LogP contribution in [0, 0.1) is 0 Å². The van der Waals surface area contributed by atoms with Crippen molar-refractivity contribution in [1.29, 1.82) is 0 Å². The van der Waals surface area contributed by atoms with E-state index in [-0.39, 0.29) is 49.6 Å². The van der Waals surface area contributed by atoms with Gasteiger partial charge in [0.1, 0.15) is 6.54 Å². The second-order valence-electron chi connectivity index (χ2n) is 11.2. The molecule has 1 aliphatic heterocycles. The van der Waals surface area contributed by atoms with Crippen molar-refractivity contribution in [2.24, 2.45) is 0 Å². The number of methoxy groups -OCH3 is 1. The Balaban J connectivity index is 0.00000882. The molecule has 0 spiro atoms. The van der Waals surface area contributed by atoms with Crippen LogP contribution in [0.2, 0.25) is 0 Å². The predicted octanol–water partition coefficient (Wildman–Crippen LogP) is 3.37. The Bertz CT molecular complexity index is 860. The number of alkyl carbamates (subject to hydrolysis) is 1. The van der Waals surface area contributed by atoms with Gasteiger partial charge in [0.05, 0.1) is 30.6 Å². The number of thiazole rings is 1. The van der Waals surface area contributed by atoms with Crippen molar-refractivity contribution in [2.75, 3.05) is 33.4 Å². The predicted molar refractivity (Wildman–Crippen MR) is 163 cm³/mol. The highest BCUT2D eigenvalue weighted by molar-refractivity contribution is 7.09. The van der Waals surface area contributed by atoms with Crippen LogP contribution in [0.4, 0.5) is 9.59 Å². The van der Waals surface area contributed by atoms with Crippen LogP contribution in [0.1, 0.15) is 115 Å². The van der Waals surface area contributed by atoms with Crippen molar-refractivity contribution in [3.8, 4) is 0 Å². The summed E-state index contributed by atoms with van der Waals surface area (Å²) < 4.78 is 10.9. The van der Waals surface area contributed by atoms with E-state index in [2.05, 4.69) is 17.2 Å². The van der Waals surface area contributed by atoms with Gasteiger partial charge in [-0.05, 0) is 19.8 Å². The Kier molecular flexibility index (Phi) is 21.4. The van der Waals surface area contributed by atoms with Gasteiger partial charge in [0.15, 0.2) is 6.20 Å². The summed E-state index contributed by atoms with van der Waals surface area (Å²) >= 11 is 1.57. The standard InChI is InChI=1S/C31H54N4O5S.ClH/c1-4-5-6-7-8-9-10-11-12-13-14-15-16-18-27(26(2)39-3)33-30(37)40-23-17-21-34-25-29(36)35(31(34)38)22-19-28-32-20-24-41-28;/h20,24,26-27H,4-19,21-23,25H2,1-3H3,(H,33,37);1H. The number of hydrogen-bond acceptors (Lipinski definition) is 6. The minimum Gasteiger partial charge on any atom is -1.00 e. The number of amides is 4. The number of urea groups is 1. The lowest BCUT2D eigenvalue weighted by Gasteiger charge is -2.24. The third-order valence-electron chi connectivity index (χ3n) is 7.88. The SMILES string of the molecule is CCCCCCCCCCCCCCCC(NC(=O)OCCCN1CC(=O)N(CCc2[nH+]ccs2)C1=O)C(C)OC.[Cl-]. The van der Waals surface area contributed by atoms with Crippen molar-refractivity contribution >= 4 is 29.4 Å². The summed E-state index contributed by atoms with van der Waals surface area (Å²) in [7, 11) is 1.66. The molecule has 0 saturated carbocycles. The Hall–Kier alpha value is -1.91. The van der Waals surface area contributed by atoms with Gasteiger partial charge in [-0.2, -0.15) is 0 Å². The number of aromatic nitrogens is 1. The number of halogens is 1. The fourth-order valence-electron chi connectivity index (χ4n) is 5.19. The number of H-pyrrole nitrogens is 1. The molecule has 42 heavy (non-hydrogen) atoms. The lowest BCUT2D eigenvalue weighted by atomic mass is 10.0. The Morgan fingerprint density at radius 3 is 2.17 bits per heavy atom. The Labute approximate surface area is 263 Å². The van der Waals surface area contributed by atoms with Crippen LogP contribution < -0.4 is 22.7 Å². The Morgan fingerprint density at radius 1 is 0.976 bits per heavy atom. The number of carbonyl (C=O) groups excluding carboxylic acids is 3. The van der Waals surface area contributed by atoms with E-state index in [0.717, 1.165) is 24.3 Å². The molecule has 1 saturated heterocycles. The first-order valence-electron chi connectivity index (χ1n) is 16.0. The first-order valence-corrected chi connectivity index (χ1v) is 16.8. The van der Waals surface area contributed by atoms with Gasteiger partial charge in [-0.25, -0.2) is 14.6 Å². The monoisotopic (exact) mass is 630 g/mol. The van der Waals surface area contributed by atoms with E-state index < -0.39 is 6.09 Å². The molecule has 0 radical (unpaired) electrons. The maximum atomic E-state index is 12.6. The van der Waals surface area contributed by atoms with Crippen LogP contribution in [-0.2, 0) is 20.7 Å². The van der Waals surface area contributed by atoms with Gasteiger partial charge < -0.3 is 32.1 Å². The van der Waals surface area contributed by atoms with E-state index >= 15 is 0 Å². The van der Waals surface area contributed by atoms with Crippen LogP contribution in [-0.4, -0.2) is 73.3 Å². The molecule has 2 N–H and O–H groups in total. The summed E-state index contributed by atoms with van der Waals surface area (Å²) in [5.41, 5.74) is 0. The van der Waals surface area contributed by atoms with Gasteiger partial charge >= 0.3 is 12.1 Å². The molecule has 242 valence electrons. The zero-order valence-electron chi connectivity index (χ0n) is 26.2. The first kappa shape index (κ1) is 38.1. The molecular weight excluding hydrogens is 576 g/mol. The molecule has 11 heteroatoms. The van der Waals surface area contributed by atoms with Gasteiger partial charge in [-0.15, -0.1) is 0 Å². The summed E-state index contributed by atoms with van der Waals surface area (Å²) in [5, 5.41) is 5.92. The minimum absolute atomic E-state index is 0. The molecular formula is C31H55ClN4O5S. The number of ether oxygens (including phenoxy) is 2. The third-order valence-corrected chi connectivity index (χ3v) is 8.76. The van der Waals surface area contributed by atoms with Crippen LogP contribution in [0.5, 0.6) is 0 Å². The van der Waals surface area contributed by atoms with Gasteiger partial charge in [0, 0.05) is 20.2 Å². The number of aromatic amines is 1. The van der Waals surface area contributed by atoms with Crippen LogP contribution in [0.15, 0.2) is 11.6 Å². The van der Waals surface area contributed by atoms with Crippen LogP contribution in [0.25, 0.3) is 0 Å². The van der Waals surface area contributed by atoms with Gasteiger partial charge in [-0.3, -0.25) is 9.69 Å². The third kappa shape index (κ3) is 15.5. The number of nitrogens with one attached hydrogen (secondary N) is 2. The number of nitrogens with zero attached hydrogens (tertiary/aromatic N) is 2. The average Bonchev–Trinajstić information content (AvgIpc) is 3.58. The molecule has 2 unspecified atom stereocenters. The summed E-state index contributed by atoms with van der Waals surface area (Å²) in [5.74, 6) is -0.185. The molecule has 0 aromatic carbocycles. The zero-order valence-corrected chi connectivity index (χ0v) is 27.7. The van der Waals surface area contributed by atoms with Crippen molar-refractivity contribution in [3.05, 3.63) is 16.6 Å². The molecule has 2 atom stereocenters. The number of carbonyl (C=O) groups is 3. The van der Waals surface area contributed by atoms with E-state index in [1.54, 1.807) is 18.4 Å². The van der Waals surface area contributed by atoms with E-state index in [1.165, 1.54) is 80.4 Å². The fraction of sp³-hybridized carbons (Fsp3) is 0.806. The lowest BCUT2D eigenvalue weighted by Crippen LogP contribution is -3.00. The van der Waals surface area contributed by atoms with E-state index in [4.69, 9.17) is 9.47 Å². The van der Waals surface area contributed by atoms with Crippen molar-refractivity contribution < 1.29 is 41.2 Å². The number of imide groups is 1. The Morgan fingerprint density at radius 2 is 1.60 bits per heavy atom. The highest BCUT2D eigenvalue weighted by atomic mass is 35.5. The maximum absolute atomic E-state index is 12.6.